The summed E-state index contributed by atoms with van der Waals surface area (Å²) in [6.07, 6.45) is 5.28. The summed E-state index contributed by atoms with van der Waals surface area (Å²) < 4.78 is 1.65. The monoisotopic (exact) mass is 348 g/mol. The Morgan fingerprint density at radius 2 is 1.77 bits per heavy atom. The molecule has 1 fully saturated rings. The van der Waals surface area contributed by atoms with Gasteiger partial charge in [0.2, 0.25) is 0 Å². The van der Waals surface area contributed by atoms with Crippen LogP contribution in [-0.2, 0) is 0 Å². The Morgan fingerprint density at radius 3 is 2.50 bits per heavy atom. The molecule has 0 spiro atoms. The number of carbonyl (C=O) groups excluding carboxylic acids is 1. The Hall–Kier alpha value is -3.22. The van der Waals surface area contributed by atoms with Crippen LogP contribution in [0.4, 0.5) is 5.69 Å². The van der Waals surface area contributed by atoms with Crippen LogP contribution in [0.5, 0.6) is 0 Å². The van der Waals surface area contributed by atoms with E-state index in [4.69, 9.17) is 0 Å². The van der Waals surface area contributed by atoms with Crippen LogP contribution >= 0.6 is 0 Å². The summed E-state index contributed by atoms with van der Waals surface area (Å²) >= 11 is 0. The fourth-order valence-electron chi connectivity index (χ4n) is 3.14. The highest BCUT2D eigenvalue weighted by Gasteiger charge is 2.24. The van der Waals surface area contributed by atoms with E-state index in [1.54, 1.807) is 23.3 Å². The van der Waals surface area contributed by atoms with Crippen molar-refractivity contribution in [2.45, 2.75) is 6.92 Å². The van der Waals surface area contributed by atoms with Gasteiger partial charge in [0.1, 0.15) is 0 Å². The Balaban J connectivity index is 1.43. The highest BCUT2D eigenvalue weighted by molar-refractivity contribution is 5.92. The zero-order valence-electron chi connectivity index (χ0n) is 14.6. The predicted octanol–water partition coefficient (Wildman–Crippen LogP) is 1.93. The predicted molar refractivity (Wildman–Crippen MR) is 98.4 cm³/mol. The topological polar surface area (TPSA) is 67.2 Å². The lowest BCUT2D eigenvalue weighted by molar-refractivity contribution is 0.0741. The van der Waals surface area contributed by atoms with Crippen LogP contribution in [0, 0.1) is 6.92 Å². The third-order valence-electron chi connectivity index (χ3n) is 4.57. The van der Waals surface area contributed by atoms with Crippen molar-refractivity contribution in [3.05, 3.63) is 66.2 Å². The number of amides is 1. The molecule has 0 unspecified atom stereocenters. The maximum atomic E-state index is 12.7. The second-order valence-electron chi connectivity index (χ2n) is 6.37. The van der Waals surface area contributed by atoms with Crippen LogP contribution in [0.3, 0.4) is 0 Å². The molecule has 1 saturated heterocycles. The van der Waals surface area contributed by atoms with Crippen LogP contribution < -0.4 is 4.90 Å². The molecule has 1 aliphatic rings. The van der Waals surface area contributed by atoms with E-state index in [1.165, 1.54) is 0 Å². The van der Waals surface area contributed by atoms with Crippen molar-refractivity contribution >= 4 is 11.6 Å². The maximum Gasteiger partial charge on any atom is 0.276 e. The number of piperazine rings is 1. The molecule has 132 valence electrons. The maximum absolute atomic E-state index is 12.7. The van der Waals surface area contributed by atoms with Gasteiger partial charge in [-0.1, -0.05) is 17.3 Å². The smallest absolute Gasteiger partial charge is 0.276 e. The minimum Gasteiger partial charge on any atom is -0.368 e. The number of anilines is 1. The number of hydrogen-bond donors (Lipinski definition) is 0. The van der Waals surface area contributed by atoms with Gasteiger partial charge in [-0.25, -0.2) is 4.68 Å². The Morgan fingerprint density at radius 1 is 1.00 bits per heavy atom. The molecule has 1 aliphatic heterocycles. The first-order valence-electron chi connectivity index (χ1n) is 8.64. The summed E-state index contributed by atoms with van der Waals surface area (Å²) in [7, 11) is 0. The molecule has 3 heterocycles. The largest absolute Gasteiger partial charge is 0.368 e. The summed E-state index contributed by atoms with van der Waals surface area (Å²) in [5.74, 6) is -0.0710. The molecule has 4 rings (SSSR count). The van der Waals surface area contributed by atoms with Crippen molar-refractivity contribution in [2.24, 2.45) is 0 Å². The molecule has 0 saturated carbocycles. The number of hydrogen-bond acceptors (Lipinski definition) is 5. The van der Waals surface area contributed by atoms with Crippen LogP contribution in [0.15, 0.2) is 55.0 Å². The van der Waals surface area contributed by atoms with Gasteiger partial charge in [-0.05, 0) is 36.8 Å². The van der Waals surface area contributed by atoms with Crippen molar-refractivity contribution in [1.82, 2.24) is 24.9 Å². The molecule has 0 radical (unpaired) electrons. The Kier molecular flexibility index (Phi) is 4.35. The van der Waals surface area contributed by atoms with E-state index in [-0.39, 0.29) is 5.91 Å². The molecule has 0 atom stereocenters. The molecule has 1 aromatic carbocycles. The molecule has 0 aliphatic carbocycles. The standard InChI is InChI=1S/C19H20N6O/c1-15-3-2-4-17(13-15)25-14-18(21-22-25)19(26)24-11-9-23(10-12-24)16-5-7-20-8-6-16/h2-8,13-14H,9-12H2,1H3. The SMILES string of the molecule is Cc1cccc(-n2cc(C(=O)N3CCN(c4ccncc4)CC3)nn2)c1. The van der Waals surface area contributed by atoms with Crippen molar-refractivity contribution < 1.29 is 4.79 Å². The summed E-state index contributed by atoms with van der Waals surface area (Å²) in [6.45, 7) is 4.94. The lowest BCUT2D eigenvalue weighted by Crippen LogP contribution is -2.48. The Labute approximate surface area is 151 Å². The zero-order valence-corrected chi connectivity index (χ0v) is 14.6. The fourth-order valence-corrected chi connectivity index (χ4v) is 3.14. The minimum absolute atomic E-state index is 0.0710. The number of aryl methyl sites for hydroxylation is 1. The van der Waals surface area contributed by atoms with E-state index in [1.807, 2.05) is 48.2 Å². The number of pyridine rings is 1. The molecule has 2 aromatic heterocycles. The van der Waals surface area contributed by atoms with E-state index >= 15 is 0 Å². The summed E-state index contributed by atoms with van der Waals surface area (Å²) in [6, 6.07) is 11.9. The van der Waals surface area contributed by atoms with Gasteiger partial charge >= 0.3 is 0 Å². The van der Waals surface area contributed by atoms with Crippen molar-refractivity contribution in [1.29, 1.82) is 0 Å². The lowest BCUT2D eigenvalue weighted by Gasteiger charge is -2.35. The van der Waals surface area contributed by atoms with Gasteiger partial charge in [0, 0.05) is 44.3 Å². The minimum atomic E-state index is -0.0710. The molecule has 7 heteroatoms. The van der Waals surface area contributed by atoms with E-state index in [9.17, 15) is 4.79 Å². The highest BCUT2D eigenvalue weighted by Crippen LogP contribution is 2.16. The first kappa shape index (κ1) is 16.3. The van der Waals surface area contributed by atoms with Gasteiger partial charge in [0.05, 0.1) is 11.9 Å². The van der Waals surface area contributed by atoms with Crippen LogP contribution in [0.2, 0.25) is 0 Å². The second-order valence-corrected chi connectivity index (χ2v) is 6.37. The molecular weight excluding hydrogens is 328 g/mol. The Bertz CT molecular complexity index is 899. The van der Waals surface area contributed by atoms with Gasteiger partial charge in [0.25, 0.3) is 5.91 Å². The number of carbonyl (C=O) groups is 1. The van der Waals surface area contributed by atoms with Crippen molar-refractivity contribution in [2.75, 3.05) is 31.1 Å². The molecular formula is C19H20N6O. The molecule has 7 nitrogen and oxygen atoms in total. The number of rotatable bonds is 3. The average Bonchev–Trinajstić information content (AvgIpc) is 3.18. The van der Waals surface area contributed by atoms with Crippen molar-refractivity contribution in [3.8, 4) is 5.69 Å². The molecule has 3 aromatic rings. The van der Waals surface area contributed by atoms with Gasteiger partial charge in [-0.2, -0.15) is 0 Å². The number of nitrogens with zero attached hydrogens (tertiary/aromatic N) is 6. The highest BCUT2D eigenvalue weighted by atomic mass is 16.2. The molecule has 0 bridgehead atoms. The van der Waals surface area contributed by atoms with E-state index in [0.717, 1.165) is 30.0 Å². The van der Waals surface area contributed by atoms with Gasteiger partial charge in [-0.3, -0.25) is 9.78 Å². The molecule has 0 N–H and O–H groups in total. The third kappa shape index (κ3) is 3.28. The normalized spacial score (nSPS) is 14.5. The number of benzene rings is 1. The first-order valence-corrected chi connectivity index (χ1v) is 8.64. The summed E-state index contributed by atoms with van der Waals surface area (Å²) in [4.78, 5) is 20.9. The fraction of sp³-hybridized carbons (Fsp3) is 0.263. The average molecular weight is 348 g/mol. The van der Waals surface area contributed by atoms with Gasteiger partial charge in [-0.15, -0.1) is 5.10 Å². The van der Waals surface area contributed by atoms with Gasteiger partial charge in [0.15, 0.2) is 5.69 Å². The second kappa shape index (κ2) is 6.95. The summed E-state index contributed by atoms with van der Waals surface area (Å²) in [5, 5.41) is 8.18. The van der Waals surface area contributed by atoms with Crippen LogP contribution in [-0.4, -0.2) is 57.0 Å². The van der Waals surface area contributed by atoms with E-state index in [2.05, 4.69) is 20.2 Å². The van der Waals surface area contributed by atoms with Crippen molar-refractivity contribution in [3.63, 3.8) is 0 Å². The van der Waals surface area contributed by atoms with E-state index in [0.29, 0.717) is 18.8 Å². The molecule has 1 amide bonds. The van der Waals surface area contributed by atoms with Crippen LogP contribution in [0.1, 0.15) is 16.1 Å². The van der Waals surface area contributed by atoms with Gasteiger partial charge < -0.3 is 9.80 Å². The summed E-state index contributed by atoms with van der Waals surface area (Å²) in [5.41, 5.74) is 3.55. The number of aromatic nitrogens is 4. The zero-order chi connectivity index (χ0) is 17.9. The van der Waals surface area contributed by atoms with E-state index < -0.39 is 0 Å². The van der Waals surface area contributed by atoms with Crippen LogP contribution in [0.25, 0.3) is 5.69 Å². The quantitative estimate of drug-likeness (QED) is 0.724. The third-order valence-corrected chi connectivity index (χ3v) is 4.57. The lowest BCUT2D eigenvalue weighted by atomic mass is 10.2. The molecule has 26 heavy (non-hydrogen) atoms. The first-order chi connectivity index (χ1) is 12.7.